The fraction of sp³-hybridized carbons (Fsp3) is 0.400. The molecule has 0 radical (unpaired) electrons. The molecule has 0 spiro atoms. The van der Waals surface area contributed by atoms with Crippen LogP contribution >= 0.6 is 0 Å². The summed E-state index contributed by atoms with van der Waals surface area (Å²) in [5.41, 5.74) is 6.69. The minimum Gasteiger partial charge on any atom is -0.457 e. The van der Waals surface area contributed by atoms with Gasteiger partial charge in [0, 0.05) is 25.1 Å². The lowest BCUT2D eigenvalue weighted by Crippen LogP contribution is -2.56. The number of benzene rings is 1. The van der Waals surface area contributed by atoms with Gasteiger partial charge in [-0.3, -0.25) is 4.79 Å². The van der Waals surface area contributed by atoms with Gasteiger partial charge < -0.3 is 19.8 Å². The van der Waals surface area contributed by atoms with Gasteiger partial charge in [0.1, 0.15) is 11.8 Å². The zero-order chi connectivity index (χ0) is 18.9. The fourth-order valence-electron chi connectivity index (χ4n) is 3.19. The zero-order valence-electron chi connectivity index (χ0n) is 15.3. The first-order valence-electron chi connectivity index (χ1n) is 8.61. The Kier molecular flexibility index (Phi) is 4.87. The van der Waals surface area contributed by atoms with Gasteiger partial charge in [0.25, 0.3) is 0 Å². The van der Waals surface area contributed by atoms with E-state index in [2.05, 4.69) is 0 Å². The van der Waals surface area contributed by atoms with Crippen molar-refractivity contribution < 1.29 is 19.1 Å². The molecule has 2 N–H and O–H groups in total. The molecule has 0 bridgehead atoms. The van der Waals surface area contributed by atoms with E-state index < -0.39 is 11.9 Å². The number of rotatable bonds is 6. The molecule has 6 heteroatoms. The normalized spacial score (nSPS) is 21.0. The van der Waals surface area contributed by atoms with Gasteiger partial charge in [0.15, 0.2) is 0 Å². The summed E-state index contributed by atoms with van der Waals surface area (Å²) in [4.78, 5) is 23.7. The van der Waals surface area contributed by atoms with Crippen LogP contribution in [0.25, 0.3) is 0 Å². The number of carbonyl (C=O) groups is 2. The molecule has 1 aromatic carbocycles. The van der Waals surface area contributed by atoms with Crippen molar-refractivity contribution in [3.05, 3.63) is 59.4 Å². The van der Waals surface area contributed by atoms with E-state index in [4.69, 9.17) is 15.2 Å². The van der Waals surface area contributed by atoms with Crippen molar-refractivity contribution in [2.24, 2.45) is 18.2 Å². The van der Waals surface area contributed by atoms with Gasteiger partial charge >= 0.3 is 5.97 Å². The van der Waals surface area contributed by atoms with Gasteiger partial charge in [0.05, 0.1) is 18.3 Å². The number of nitrogens with zero attached hydrogens (tertiary/aromatic N) is 1. The molecule has 1 aliphatic carbocycles. The Morgan fingerprint density at radius 1 is 1.23 bits per heavy atom. The third-order valence-electron chi connectivity index (χ3n) is 5.13. The first kappa shape index (κ1) is 18.2. The lowest BCUT2D eigenvalue weighted by molar-refractivity contribution is -0.181. The molecular formula is C20H24N2O4. The number of hydrogen-bond donors (Lipinski definition) is 1. The summed E-state index contributed by atoms with van der Waals surface area (Å²) >= 11 is 0. The quantitative estimate of drug-likeness (QED) is 0.807. The summed E-state index contributed by atoms with van der Waals surface area (Å²) in [6, 6.07) is 11.4. The number of nitrogens with two attached hydrogens (primary N) is 1. The van der Waals surface area contributed by atoms with Gasteiger partial charge in [0.2, 0.25) is 5.91 Å². The lowest BCUT2D eigenvalue weighted by Gasteiger charge is -2.50. The Morgan fingerprint density at radius 3 is 2.50 bits per heavy atom. The number of esters is 1. The molecule has 1 amide bonds. The summed E-state index contributed by atoms with van der Waals surface area (Å²) in [5, 5.41) is 0. The van der Waals surface area contributed by atoms with Crippen LogP contribution in [0.2, 0.25) is 0 Å². The highest BCUT2D eigenvalue weighted by Gasteiger charge is 2.51. The van der Waals surface area contributed by atoms with E-state index in [-0.39, 0.29) is 23.2 Å². The first-order valence-corrected chi connectivity index (χ1v) is 8.61. The van der Waals surface area contributed by atoms with Crippen molar-refractivity contribution in [1.82, 2.24) is 4.57 Å². The lowest BCUT2D eigenvalue weighted by atomic mass is 9.66. The summed E-state index contributed by atoms with van der Waals surface area (Å²) in [5.74, 6) is -1.03. The molecule has 1 saturated carbocycles. The van der Waals surface area contributed by atoms with E-state index in [9.17, 15) is 9.59 Å². The Labute approximate surface area is 152 Å². The third kappa shape index (κ3) is 3.51. The maximum Gasteiger partial charge on any atom is 0.355 e. The molecule has 1 aromatic heterocycles. The molecule has 1 fully saturated rings. The Balaban J connectivity index is 1.58. The minimum atomic E-state index is -0.571. The monoisotopic (exact) mass is 356 g/mol. The van der Waals surface area contributed by atoms with Crippen molar-refractivity contribution in [2.45, 2.75) is 39.1 Å². The molecule has 6 nitrogen and oxygen atoms in total. The second-order valence-corrected chi connectivity index (χ2v) is 7.33. The second kappa shape index (κ2) is 6.96. The Morgan fingerprint density at radius 2 is 1.92 bits per heavy atom. The second-order valence-electron chi connectivity index (χ2n) is 7.33. The number of ether oxygens (including phenoxy) is 2. The standard InChI is InChI=1S/C20H24N2O4/c1-20(2)16(25-12-13-7-5-4-6-8-13)10-17(20)26-19(24)15-9-14(18(21)23)11-22(15)3/h4-9,11,16-17H,10,12H2,1-3H3,(H2,21,23). The van der Waals surface area contributed by atoms with Crippen LogP contribution in [0.5, 0.6) is 0 Å². The topological polar surface area (TPSA) is 83.6 Å². The highest BCUT2D eigenvalue weighted by atomic mass is 16.6. The van der Waals surface area contributed by atoms with Crippen LogP contribution in [0, 0.1) is 5.41 Å². The highest BCUT2D eigenvalue weighted by Crippen LogP contribution is 2.45. The fourth-order valence-corrected chi connectivity index (χ4v) is 3.19. The van der Waals surface area contributed by atoms with Crippen molar-refractivity contribution >= 4 is 11.9 Å². The van der Waals surface area contributed by atoms with E-state index in [0.29, 0.717) is 18.7 Å². The van der Waals surface area contributed by atoms with Crippen molar-refractivity contribution in [2.75, 3.05) is 0 Å². The molecular weight excluding hydrogens is 332 g/mol. The van der Waals surface area contributed by atoms with Crippen LogP contribution in [0.4, 0.5) is 0 Å². The van der Waals surface area contributed by atoms with Crippen LogP contribution < -0.4 is 5.73 Å². The molecule has 3 rings (SSSR count). The molecule has 138 valence electrons. The highest BCUT2D eigenvalue weighted by molar-refractivity contribution is 5.96. The van der Waals surface area contributed by atoms with Crippen LogP contribution in [-0.2, 0) is 23.1 Å². The van der Waals surface area contributed by atoms with E-state index in [1.54, 1.807) is 11.6 Å². The SMILES string of the molecule is Cn1cc(C(N)=O)cc1C(=O)OC1CC(OCc2ccccc2)C1(C)C. The van der Waals surface area contributed by atoms with Crippen molar-refractivity contribution in [3.8, 4) is 0 Å². The molecule has 1 aliphatic rings. The molecule has 26 heavy (non-hydrogen) atoms. The van der Waals surface area contributed by atoms with Crippen LogP contribution in [-0.4, -0.2) is 28.7 Å². The molecule has 2 atom stereocenters. The maximum absolute atomic E-state index is 12.4. The Bertz CT molecular complexity index is 810. The number of amides is 1. The van der Waals surface area contributed by atoms with Gasteiger partial charge in [-0.1, -0.05) is 44.2 Å². The van der Waals surface area contributed by atoms with Crippen molar-refractivity contribution in [3.63, 3.8) is 0 Å². The predicted molar refractivity (Wildman–Crippen MR) is 96.6 cm³/mol. The molecule has 0 aliphatic heterocycles. The van der Waals surface area contributed by atoms with Crippen LogP contribution in [0.3, 0.4) is 0 Å². The summed E-state index contributed by atoms with van der Waals surface area (Å²) < 4.78 is 13.2. The zero-order valence-corrected chi connectivity index (χ0v) is 15.3. The molecule has 2 aromatic rings. The number of primary amides is 1. The average Bonchev–Trinajstić information content (AvgIpc) is 3.00. The van der Waals surface area contributed by atoms with Crippen molar-refractivity contribution in [1.29, 1.82) is 0 Å². The van der Waals surface area contributed by atoms with E-state index >= 15 is 0 Å². The average molecular weight is 356 g/mol. The molecule has 0 saturated heterocycles. The van der Waals surface area contributed by atoms with E-state index in [1.165, 1.54) is 12.3 Å². The Hall–Kier alpha value is -2.60. The number of hydrogen-bond acceptors (Lipinski definition) is 4. The minimum absolute atomic E-state index is 0.0232. The number of aryl methyl sites for hydroxylation is 1. The largest absolute Gasteiger partial charge is 0.457 e. The number of carbonyl (C=O) groups excluding carboxylic acids is 2. The maximum atomic E-state index is 12.4. The third-order valence-corrected chi connectivity index (χ3v) is 5.13. The molecule has 1 heterocycles. The van der Waals surface area contributed by atoms with Gasteiger partial charge in [-0.2, -0.15) is 0 Å². The molecule has 2 unspecified atom stereocenters. The van der Waals surface area contributed by atoms with Gasteiger partial charge in [-0.15, -0.1) is 0 Å². The van der Waals surface area contributed by atoms with Crippen LogP contribution in [0.1, 0.15) is 46.7 Å². The number of aromatic nitrogens is 1. The van der Waals surface area contributed by atoms with Gasteiger partial charge in [-0.05, 0) is 11.6 Å². The summed E-state index contributed by atoms with van der Waals surface area (Å²) in [6.45, 7) is 4.60. The first-order chi connectivity index (χ1) is 12.3. The van der Waals surface area contributed by atoms with Crippen LogP contribution in [0.15, 0.2) is 42.6 Å². The smallest absolute Gasteiger partial charge is 0.355 e. The van der Waals surface area contributed by atoms with E-state index in [0.717, 1.165) is 5.56 Å². The van der Waals surface area contributed by atoms with Gasteiger partial charge in [-0.25, -0.2) is 4.79 Å². The predicted octanol–water partition coefficient (Wildman–Crippen LogP) is 2.66. The summed E-state index contributed by atoms with van der Waals surface area (Å²) in [6.07, 6.45) is 1.97. The summed E-state index contributed by atoms with van der Waals surface area (Å²) in [7, 11) is 1.68. The van der Waals surface area contributed by atoms with E-state index in [1.807, 2.05) is 44.2 Å².